The van der Waals surface area contributed by atoms with Gasteiger partial charge in [0.05, 0.1) is 14.2 Å². The zero-order chi connectivity index (χ0) is 12.1. The van der Waals surface area contributed by atoms with Gasteiger partial charge in [-0.05, 0) is 24.6 Å². The molecule has 0 heterocycles. The molecule has 0 fully saturated rings. The highest BCUT2D eigenvalue weighted by molar-refractivity contribution is 5.84. The molecule has 0 aliphatic heterocycles. The molecule has 0 amide bonds. The Kier molecular flexibility index (Phi) is 4.31. The number of rotatable bonds is 5. The van der Waals surface area contributed by atoms with E-state index in [4.69, 9.17) is 14.6 Å². The second-order valence-corrected chi connectivity index (χ2v) is 3.51. The van der Waals surface area contributed by atoms with Crippen molar-refractivity contribution in [2.45, 2.75) is 19.4 Å². The summed E-state index contributed by atoms with van der Waals surface area (Å²) in [4.78, 5) is 11.3. The van der Waals surface area contributed by atoms with E-state index in [1.165, 1.54) is 14.0 Å². The number of ether oxygens (including phenoxy) is 2. The van der Waals surface area contributed by atoms with Crippen molar-refractivity contribution in [2.75, 3.05) is 14.2 Å². The SMILES string of the molecule is COc1ccc(CC(=O)C(C)O)cc1OC. The molecule has 1 rings (SSSR count). The van der Waals surface area contributed by atoms with Crippen molar-refractivity contribution >= 4 is 5.78 Å². The summed E-state index contributed by atoms with van der Waals surface area (Å²) in [5.41, 5.74) is 0.795. The van der Waals surface area contributed by atoms with Gasteiger partial charge in [0.15, 0.2) is 17.3 Å². The van der Waals surface area contributed by atoms with Gasteiger partial charge in [0, 0.05) is 6.42 Å². The van der Waals surface area contributed by atoms with Gasteiger partial charge in [-0.25, -0.2) is 0 Å². The van der Waals surface area contributed by atoms with E-state index in [0.29, 0.717) is 11.5 Å². The lowest BCUT2D eigenvalue weighted by Crippen LogP contribution is -2.18. The number of carbonyl (C=O) groups is 1. The van der Waals surface area contributed by atoms with Gasteiger partial charge in [0.1, 0.15) is 6.10 Å². The molecule has 0 spiro atoms. The Morgan fingerprint density at radius 1 is 1.31 bits per heavy atom. The maximum absolute atomic E-state index is 11.3. The van der Waals surface area contributed by atoms with E-state index in [0.717, 1.165) is 5.56 Å². The highest BCUT2D eigenvalue weighted by Gasteiger charge is 2.11. The number of aliphatic hydroxyl groups excluding tert-OH is 1. The summed E-state index contributed by atoms with van der Waals surface area (Å²) in [6.07, 6.45) is -0.744. The van der Waals surface area contributed by atoms with Gasteiger partial charge in [-0.3, -0.25) is 4.79 Å². The Hall–Kier alpha value is -1.55. The average Bonchev–Trinajstić information content (AvgIpc) is 2.28. The van der Waals surface area contributed by atoms with Crippen molar-refractivity contribution < 1.29 is 19.4 Å². The molecule has 4 heteroatoms. The minimum Gasteiger partial charge on any atom is -0.493 e. The van der Waals surface area contributed by atoms with E-state index in [1.807, 2.05) is 0 Å². The van der Waals surface area contributed by atoms with Gasteiger partial charge in [-0.2, -0.15) is 0 Å². The molecule has 0 saturated heterocycles. The van der Waals surface area contributed by atoms with Crippen LogP contribution in [-0.4, -0.2) is 31.2 Å². The number of methoxy groups -OCH3 is 2. The number of hydrogen-bond acceptors (Lipinski definition) is 4. The van der Waals surface area contributed by atoms with Crippen LogP contribution in [0, 0.1) is 0 Å². The van der Waals surface area contributed by atoms with Gasteiger partial charge in [0.2, 0.25) is 0 Å². The van der Waals surface area contributed by atoms with Crippen LogP contribution in [0.4, 0.5) is 0 Å². The van der Waals surface area contributed by atoms with Crippen LogP contribution < -0.4 is 9.47 Å². The molecule has 0 radical (unpaired) electrons. The predicted molar refractivity (Wildman–Crippen MR) is 59.9 cm³/mol. The first-order valence-electron chi connectivity index (χ1n) is 5.00. The molecular formula is C12H16O4. The van der Waals surface area contributed by atoms with Gasteiger partial charge < -0.3 is 14.6 Å². The minimum atomic E-state index is -0.937. The first-order valence-corrected chi connectivity index (χ1v) is 5.00. The fraction of sp³-hybridized carbons (Fsp3) is 0.417. The van der Waals surface area contributed by atoms with E-state index in [1.54, 1.807) is 25.3 Å². The zero-order valence-electron chi connectivity index (χ0n) is 9.69. The Balaban J connectivity index is 2.87. The Labute approximate surface area is 94.8 Å². The van der Waals surface area contributed by atoms with E-state index in [9.17, 15) is 4.79 Å². The molecule has 1 aromatic carbocycles. The second-order valence-electron chi connectivity index (χ2n) is 3.51. The first-order chi connectivity index (χ1) is 7.58. The van der Waals surface area contributed by atoms with Crippen molar-refractivity contribution in [3.05, 3.63) is 23.8 Å². The fourth-order valence-corrected chi connectivity index (χ4v) is 1.34. The number of hydrogen-bond donors (Lipinski definition) is 1. The Bertz CT molecular complexity index is 371. The van der Waals surface area contributed by atoms with Crippen LogP contribution in [0.15, 0.2) is 18.2 Å². The van der Waals surface area contributed by atoms with Crippen LogP contribution in [0.1, 0.15) is 12.5 Å². The minimum absolute atomic E-state index is 0.192. The van der Waals surface area contributed by atoms with E-state index < -0.39 is 6.10 Å². The number of ketones is 1. The summed E-state index contributed by atoms with van der Waals surface area (Å²) in [6.45, 7) is 1.46. The second kappa shape index (κ2) is 5.51. The van der Waals surface area contributed by atoms with Gasteiger partial charge in [-0.15, -0.1) is 0 Å². The zero-order valence-corrected chi connectivity index (χ0v) is 9.69. The van der Waals surface area contributed by atoms with Crippen LogP contribution in [-0.2, 0) is 11.2 Å². The summed E-state index contributed by atoms with van der Waals surface area (Å²) < 4.78 is 10.2. The molecular weight excluding hydrogens is 208 g/mol. The maximum Gasteiger partial charge on any atom is 0.165 e. The highest BCUT2D eigenvalue weighted by Crippen LogP contribution is 2.27. The molecule has 1 unspecified atom stereocenters. The maximum atomic E-state index is 11.3. The van der Waals surface area contributed by atoms with Crippen molar-refractivity contribution in [2.24, 2.45) is 0 Å². The van der Waals surface area contributed by atoms with E-state index in [2.05, 4.69) is 0 Å². The summed E-state index contributed by atoms with van der Waals surface area (Å²) >= 11 is 0. The molecule has 0 aliphatic rings. The molecule has 0 aromatic heterocycles. The average molecular weight is 224 g/mol. The molecule has 0 bridgehead atoms. The Morgan fingerprint density at radius 3 is 2.44 bits per heavy atom. The lowest BCUT2D eigenvalue weighted by atomic mass is 10.1. The van der Waals surface area contributed by atoms with Crippen LogP contribution in [0.25, 0.3) is 0 Å². The third-order valence-electron chi connectivity index (χ3n) is 2.29. The largest absolute Gasteiger partial charge is 0.493 e. The lowest BCUT2D eigenvalue weighted by Gasteiger charge is -2.09. The molecule has 0 saturated carbocycles. The quantitative estimate of drug-likeness (QED) is 0.816. The van der Waals surface area contributed by atoms with Gasteiger partial charge in [-0.1, -0.05) is 6.07 Å². The number of Topliss-reactive ketones (excluding diaryl/α,β-unsaturated/α-hetero) is 1. The first kappa shape index (κ1) is 12.5. The fourth-order valence-electron chi connectivity index (χ4n) is 1.34. The van der Waals surface area contributed by atoms with Crippen molar-refractivity contribution in [3.8, 4) is 11.5 Å². The van der Waals surface area contributed by atoms with E-state index >= 15 is 0 Å². The lowest BCUT2D eigenvalue weighted by molar-refractivity contribution is -0.125. The molecule has 1 N–H and O–H groups in total. The van der Waals surface area contributed by atoms with Crippen LogP contribution >= 0.6 is 0 Å². The molecule has 16 heavy (non-hydrogen) atoms. The van der Waals surface area contributed by atoms with Crippen molar-refractivity contribution in [1.82, 2.24) is 0 Å². The normalized spacial score (nSPS) is 12.0. The standard InChI is InChI=1S/C12H16O4/c1-8(13)10(14)6-9-4-5-11(15-2)12(7-9)16-3/h4-5,7-8,13H,6H2,1-3H3. The summed E-state index contributed by atoms with van der Waals surface area (Å²) in [7, 11) is 3.09. The topological polar surface area (TPSA) is 55.8 Å². The van der Waals surface area contributed by atoms with Crippen molar-refractivity contribution in [3.63, 3.8) is 0 Å². The molecule has 0 aliphatic carbocycles. The third-order valence-corrected chi connectivity index (χ3v) is 2.29. The van der Waals surface area contributed by atoms with Gasteiger partial charge >= 0.3 is 0 Å². The van der Waals surface area contributed by atoms with E-state index in [-0.39, 0.29) is 12.2 Å². The summed E-state index contributed by atoms with van der Waals surface area (Å²) in [5, 5.41) is 9.10. The summed E-state index contributed by atoms with van der Waals surface area (Å²) in [5.74, 6) is 0.987. The number of aliphatic hydroxyl groups is 1. The molecule has 4 nitrogen and oxygen atoms in total. The third kappa shape index (κ3) is 2.97. The van der Waals surface area contributed by atoms with Crippen LogP contribution in [0.2, 0.25) is 0 Å². The number of carbonyl (C=O) groups excluding carboxylic acids is 1. The highest BCUT2D eigenvalue weighted by atomic mass is 16.5. The van der Waals surface area contributed by atoms with Crippen LogP contribution in [0.5, 0.6) is 11.5 Å². The molecule has 1 atom stereocenters. The van der Waals surface area contributed by atoms with Crippen molar-refractivity contribution in [1.29, 1.82) is 0 Å². The Morgan fingerprint density at radius 2 is 1.94 bits per heavy atom. The smallest absolute Gasteiger partial charge is 0.165 e. The summed E-state index contributed by atoms with van der Waals surface area (Å²) in [6, 6.07) is 5.25. The van der Waals surface area contributed by atoms with Gasteiger partial charge in [0.25, 0.3) is 0 Å². The van der Waals surface area contributed by atoms with Crippen LogP contribution in [0.3, 0.4) is 0 Å². The number of benzene rings is 1. The molecule has 1 aromatic rings. The predicted octanol–water partition coefficient (Wildman–Crippen LogP) is 1.20. The monoisotopic (exact) mass is 224 g/mol. The molecule has 88 valence electrons.